The van der Waals surface area contributed by atoms with Crippen molar-refractivity contribution in [1.29, 1.82) is 0 Å². The van der Waals surface area contributed by atoms with Crippen molar-refractivity contribution in [2.24, 2.45) is 0 Å². The predicted octanol–water partition coefficient (Wildman–Crippen LogP) is 2.63. The molecule has 1 N–H and O–H groups in total. The first-order valence-corrected chi connectivity index (χ1v) is 7.63. The van der Waals surface area contributed by atoms with Gasteiger partial charge in [0, 0.05) is 44.0 Å². The summed E-state index contributed by atoms with van der Waals surface area (Å²) in [6.07, 6.45) is 0. The van der Waals surface area contributed by atoms with Crippen molar-refractivity contribution in [3.8, 4) is 0 Å². The molecule has 2 rings (SSSR count). The van der Waals surface area contributed by atoms with Crippen molar-refractivity contribution < 1.29 is 0 Å². The molecule has 0 atom stereocenters. The van der Waals surface area contributed by atoms with Crippen LogP contribution in [0, 0.1) is 6.92 Å². The van der Waals surface area contributed by atoms with Gasteiger partial charge in [-0.2, -0.15) is 0 Å². The monoisotopic (exact) mass is 275 g/mol. The van der Waals surface area contributed by atoms with Crippen LogP contribution in [0.1, 0.15) is 31.9 Å². The Labute approximate surface area is 124 Å². The summed E-state index contributed by atoms with van der Waals surface area (Å²) in [6, 6.07) is 6.85. The second-order valence-electron chi connectivity index (χ2n) is 7.03. The van der Waals surface area contributed by atoms with E-state index in [0.717, 1.165) is 32.7 Å². The number of nitrogens with zero attached hydrogens (tertiary/aromatic N) is 2. The van der Waals surface area contributed by atoms with E-state index in [1.165, 1.54) is 16.8 Å². The minimum atomic E-state index is 0.156. The summed E-state index contributed by atoms with van der Waals surface area (Å²) in [7, 11) is 2.20. The number of aryl methyl sites for hydroxylation is 1. The summed E-state index contributed by atoms with van der Waals surface area (Å²) in [5.74, 6) is 0. The highest BCUT2D eigenvalue weighted by molar-refractivity contribution is 5.55. The van der Waals surface area contributed by atoms with Crippen LogP contribution in [0.25, 0.3) is 0 Å². The maximum Gasteiger partial charge on any atom is 0.0412 e. The Morgan fingerprint density at radius 2 is 1.75 bits per heavy atom. The van der Waals surface area contributed by atoms with E-state index in [1.807, 2.05) is 0 Å². The zero-order chi connectivity index (χ0) is 14.8. The molecule has 0 amide bonds. The van der Waals surface area contributed by atoms with E-state index in [9.17, 15) is 0 Å². The fraction of sp³-hybridized carbons (Fsp3) is 0.647. The van der Waals surface area contributed by atoms with Crippen molar-refractivity contribution in [1.82, 2.24) is 10.2 Å². The smallest absolute Gasteiger partial charge is 0.0412 e. The van der Waals surface area contributed by atoms with Crippen molar-refractivity contribution in [2.75, 3.05) is 38.1 Å². The predicted molar refractivity (Wildman–Crippen MR) is 87.5 cm³/mol. The van der Waals surface area contributed by atoms with Gasteiger partial charge in [-0.25, -0.2) is 0 Å². The van der Waals surface area contributed by atoms with Gasteiger partial charge in [-0.1, -0.05) is 17.7 Å². The summed E-state index contributed by atoms with van der Waals surface area (Å²) in [6.45, 7) is 14.3. The molecular weight excluding hydrogens is 246 g/mol. The van der Waals surface area contributed by atoms with Crippen molar-refractivity contribution in [3.63, 3.8) is 0 Å². The van der Waals surface area contributed by atoms with Crippen LogP contribution in [-0.2, 0) is 6.54 Å². The molecule has 0 saturated carbocycles. The van der Waals surface area contributed by atoms with E-state index in [4.69, 9.17) is 0 Å². The SMILES string of the molecule is Cc1ccc(N2CCN(C)CC2)c(CNC(C)(C)C)c1. The normalized spacial score (nSPS) is 17.6. The molecule has 20 heavy (non-hydrogen) atoms. The van der Waals surface area contributed by atoms with Gasteiger partial charge in [0.2, 0.25) is 0 Å². The Hall–Kier alpha value is -1.06. The summed E-state index contributed by atoms with van der Waals surface area (Å²) in [4.78, 5) is 4.93. The highest BCUT2D eigenvalue weighted by Gasteiger charge is 2.18. The highest BCUT2D eigenvalue weighted by atomic mass is 15.2. The van der Waals surface area contributed by atoms with Crippen molar-refractivity contribution >= 4 is 5.69 Å². The minimum absolute atomic E-state index is 0.156. The van der Waals surface area contributed by atoms with Crippen LogP contribution < -0.4 is 10.2 Å². The first kappa shape index (κ1) is 15.3. The van der Waals surface area contributed by atoms with Gasteiger partial charge in [-0.05, 0) is 46.4 Å². The number of benzene rings is 1. The van der Waals surface area contributed by atoms with E-state index in [-0.39, 0.29) is 5.54 Å². The third-order valence-electron chi connectivity index (χ3n) is 3.89. The van der Waals surface area contributed by atoms with Crippen LogP contribution in [0.3, 0.4) is 0 Å². The Morgan fingerprint density at radius 3 is 2.35 bits per heavy atom. The van der Waals surface area contributed by atoms with Crippen LogP contribution in [0.4, 0.5) is 5.69 Å². The Kier molecular flexibility index (Phi) is 4.71. The molecule has 1 aromatic carbocycles. The average Bonchev–Trinajstić information content (AvgIpc) is 2.37. The molecule has 1 heterocycles. The Bertz CT molecular complexity index is 440. The van der Waals surface area contributed by atoms with Gasteiger partial charge in [0.15, 0.2) is 0 Å². The molecule has 3 nitrogen and oxygen atoms in total. The quantitative estimate of drug-likeness (QED) is 0.915. The molecule has 1 fully saturated rings. The lowest BCUT2D eigenvalue weighted by Gasteiger charge is -2.35. The van der Waals surface area contributed by atoms with Gasteiger partial charge in [0.05, 0.1) is 0 Å². The topological polar surface area (TPSA) is 18.5 Å². The standard InChI is InChI=1S/C17H29N3/c1-14-6-7-16(20-10-8-19(5)9-11-20)15(12-14)13-18-17(2,3)4/h6-7,12,18H,8-11,13H2,1-5H3. The number of anilines is 1. The molecule has 112 valence electrons. The van der Waals surface area contributed by atoms with Crippen LogP contribution in [0.2, 0.25) is 0 Å². The summed E-state index contributed by atoms with van der Waals surface area (Å²) in [5.41, 5.74) is 4.32. The van der Waals surface area contributed by atoms with E-state index < -0.39 is 0 Å². The molecule has 1 aliphatic heterocycles. The largest absolute Gasteiger partial charge is 0.369 e. The molecule has 0 spiro atoms. The Morgan fingerprint density at radius 1 is 1.10 bits per heavy atom. The first-order chi connectivity index (χ1) is 9.35. The van der Waals surface area contributed by atoms with Gasteiger partial charge in [0.1, 0.15) is 0 Å². The number of hydrogen-bond acceptors (Lipinski definition) is 3. The summed E-state index contributed by atoms with van der Waals surface area (Å²) >= 11 is 0. The summed E-state index contributed by atoms with van der Waals surface area (Å²) in [5, 5.41) is 3.62. The van der Waals surface area contributed by atoms with E-state index >= 15 is 0 Å². The molecule has 0 aromatic heterocycles. The molecule has 1 aromatic rings. The lowest BCUT2D eigenvalue weighted by atomic mass is 10.0. The lowest BCUT2D eigenvalue weighted by molar-refractivity contribution is 0.312. The van der Waals surface area contributed by atoms with Gasteiger partial charge in [-0.3, -0.25) is 0 Å². The summed E-state index contributed by atoms with van der Waals surface area (Å²) < 4.78 is 0. The Balaban J connectivity index is 2.15. The average molecular weight is 275 g/mol. The van der Waals surface area contributed by atoms with Crippen LogP contribution in [0.5, 0.6) is 0 Å². The number of piperazine rings is 1. The molecule has 1 aliphatic rings. The molecule has 0 unspecified atom stereocenters. The first-order valence-electron chi connectivity index (χ1n) is 7.63. The molecule has 1 saturated heterocycles. The van der Waals surface area contributed by atoms with Gasteiger partial charge in [0.25, 0.3) is 0 Å². The molecule has 0 bridgehead atoms. The number of likely N-dealkylation sites (N-methyl/N-ethyl adjacent to an activating group) is 1. The number of rotatable bonds is 3. The number of nitrogens with one attached hydrogen (secondary N) is 1. The van der Waals surface area contributed by atoms with Gasteiger partial charge in [-0.15, -0.1) is 0 Å². The fourth-order valence-corrected chi connectivity index (χ4v) is 2.57. The van der Waals surface area contributed by atoms with Crippen LogP contribution in [-0.4, -0.2) is 43.7 Å². The maximum absolute atomic E-state index is 3.62. The van der Waals surface area contributed by atoms with E-state index in [2.05, 4.69) is 68.1 Å². The highest BCUT2D eigenvalue weighted by Crippen LogP contribution is 2.23. The van der Waals surface area contributed by atoms with E-state index in [0.29, 0.717) is 0 Å². The zero-order valence-corrected chi connectivity index (χ0v) is 13.7. The third kappa shape index (κ3) is 4.22. The van der Waals surface area contributed by atoms with Crippen LogP contribution >= 0.6 is 0 Å². The lowest BCUT2D eigenvalue weighted by Crippen LogP contribution is -2.45. The molecular formula is C17H29N3. The zero-order valence-electron chi connectivity index (χ0n) is 13.7. The number of hydrogen-bond donors (Lipinski definition) is 1. The van der Waals surface area contributed by atoms with Gasteiger partial charge < -0.3 is 15.1 Å². The molecule has 0 aliphatic carbocycles. The fourth-order valence-electron chi connectivity index (χ4n) is 2.57. The third-order valence-corrected chi connectivity index (χ3v) is 3.89. The molecule has 0 radical (unpaired) electrons. The van der Waals surface area contributed by atoms with Crippen LogP contribution in [0.15, 0.2) is 18.2 Å². The van der Waals surface area contributed by atoms with Crippen molar-refractivity contribution in [2.45, 2.75) is 39.8 Å². The molecule has 3 heteroatoms. The van der Waals surface area contributed by atoms with E-state index in [1.54, 1.807) is 0 Å². The van der Waals surface area contributed by atoms with Gasteiger partial charge >= 0.3 is 0 Å². The maximum atomic E-state index is 3.62. The van der Waals surface area contributed by atoms with Crippen molar-refractivity contribution in [3.05, 3.63) is 29.3 Å². The minimum Gasteiger partial charge on any atom is -0.369 e. The second kappa shape index (κ2) is 6.15. The second-order valence-corrected chi connectivity index (χ2v) is 7.03.